The molecule has 0 saturated carbocycles. The van der Waals surface area contributed by atoms with Crippen molar-refractivity contribution in [2.45, 2.75) is 11.8 Å². The zero-order valence-corrected chi connectivity index (χ0v) is 18.7. The Hall–Kier alpha value is -3.23. The number of rotatable bonds is 5. The van der Waals surface area contributed by atoms with Gasteiger partial charge in [0.1, 0.15) is 10.6 Å². The molecular formula is C23H16BrNO5S. The van der Waals surface area contributed by atoms with Gasteiger partial charge in [0.2, 0.25) is 5.90 Å². The van der Waals surface area contributed by atoms with E-state index in [2.05, 4.69) is 20.9 Å². The Labute approximate surface area is 188 Å². The summed E-state index contributed by atoms with van der Waals surface area (Å²) in [6.07, 6.45) is 1.43. The van der Waals surface area contributed by atoms with E-state index in [1.54, 1.807) is 36.4 Å². The van der Waals surface area contributed by atoms with Crippen LogP contribution in [0.2, 0.25) is 0 Å². The van der Waals surface area contributed by atoms with Crippen molar-refractivity contribution in [3.63, 3.8) is 0 Å². The van der Waals surface area contributed by atoms with Gasteiger partial charge in [-0.3, -0.25) is 0 Å². The lowest BCUT2D eigenvalue weighted by atomic mass is 10.1. The fraction of sp³-hybridized carbons (Fsp3) is 0.0435. The smallest absolute Gasteiger partial charge is 0.363 e. The molecule has 4 rings (SSSR count). The SMILES string of the molecule is Cc1ccc(S(=O)(=O)Oc2ccc(Br)cc2/C=C2\N=C(c3ccccc3)OC2=O)cc1. The first-order chi connectivity index (χ1) is 14.8. The minimum absolute atomic E-state index is 0.0317. The van der Waals surface area contributed by atoms with E-state index in [-0.39, 0.29) is 22.2 Å². The van der Waals surface area contributed by atoms with E-state index in [1.807, 2.05) is 25.1 Å². The third kappa shape index (κ3) is 4.76. The van der Waals surface area contributed by atoms with Crippen LogP contribution in [0.25, 0.3) is 6.08 Å². The first-order valence-corrected chi connectivity index (χ1v) is 11.4. The second-order valence-corrected chi connectivity index (χ2v) is 9.20. The van der Waals surface area contributed by atoms with Crippen LogP contribution in [0, 0.1) is 6.92 Å². The molecule has 0 amide bonds. The lowest BCUT2D eigenvalue weighted by Crippen LogP contribution is -2.10. The van der Waals surface area contributed by atoms with Crippen molar-refractivity contribution in [3.05, 3.63) is 99.7 Å². The minimum Gasteiger partial charge on any atom is -0.402 e. The number of aliphatic imine (C=N–C) groups is 1. The van der Waals surface area contributed by atoms with Gasteiger partial charge in [-0.15, -0.1) is 0 Å². The highest BCUT2D eigenvalue weighted by molar-refractivity contribution is 9.10. The van der Waals surface area contributed by atoms with E-state index < -0.39 is 16.1 Å². The third-order valence-corrected chi connectivity index (χ3v) is 6.16. The average molecular weight is 498 g/mol. The molecule has 0 spiro atoms. The first-order valence-electron chi connectivity index (χ1n) is 9.20. The average Bonchev–Trinajstić information content (AvgIpc) is 3.11. The number of nitrogens with zero attached hydrogens (tertiary/aromatic N) is 1. The fourth-order valence-electron chi connectivity index (χ4n) is 2.84. The largest absolute Gasteiger partial charge is 0.402 e. The Morgan fingerprint density at radius 2 is 1.71 bits per heavy atom. The molecule has 0 bridgehead atoms. The predicted octanol–water partition coefficient (Wildman–Crippen LogP) is 4.87. The lowest BCUT2D eigenvalue weighted by molar-refractivity contribution is -0.129. The van der Waals surface area contributed by atoms with Crippen LogP contribution >= 0.6 is 15.9 Å². The molecule has 1 heterocycles. The molecule has 156 valence electrons. The standard InChI is InChI=1S/C23H16BrNO5S/c1-15-7-10-19(11-8-15)31(27,28)30-21-12-9-18(24)13-17(21)14-20-23(26)29-22(25-20)16-5-3-2-4-6-16/h2-14H,1H3/b20-14-. The molecule has 3 aromatic rings. The van der Waals surface area contributed by atoms with Gasteiger partial charge < -0.3 is 8.92 Å². The number of aryl methyl sites for hydroxylation is 1. The number of cyclic esters (lactones) is 1. The number of hydrogen-bond donors (Lipinski definition) is 0. The van der Waals surface area contributed by atoms with Gasteiger partial charge in [0.25, 0.3) is 0 Å². The summed E-state index contributed by atoms with van der Waals surface area (Å²) in [5, 5.41) is 0. The van der Waals surface area contributed by atoms with Crippen LogP contribution in [0.1, 0.15) is 16.7 Å². The lowest BCUT2D eigenvalue weighted by Gasteiger charge is -2.10. The van der Waals surface area contributed by atoms with Crippen LogP contribution in [-0.2, 0) is 19.6 Å². The molecule has 0 saturated heterocycles. The molecule has 0 aromatic heterocycles. The Balaban J connectivity index is 1.70. The van der Waals surface area contributed by atoms with Crippen LogP contribution in [0.3, 0.4) is 0 Å². The number of carbonyl (C=O) groups is 1. The van der Waals surface area contributed by atoms with E-state index in [0.717, 1.165) is 5.56 Å². The Bertz CT molecular complexity index is 1310. The van der Waals surface area contributed by atoms with Gasteiger partial charge in [0, 0.05) is 15.6 Å². The number of esters is 1. The van der Waals surface area contributed by atoms with Crippen LogP contribution < -0.4 is 4.18 Å². The number of carbonyl (C=O) groups excluding carboxylic acids is 1. The van der Waals surface area contributed by atoms with Crippen LogP contribution in [0.15, 0.2) is 92.9 Å². The van der Waals surface area contributed by atoms with E-state index in [1.165, 1.54) is 24.3 Å². The number of hydrogen-bond acceptors (Lipinski definition) is 6. The number of benzene rings is 3. The Morgan fingerprint density at radius 3 is 2.42 bits per heavy atom. The Morgan fingerprint density at radius 1 is 1.00 bits per heavy atom. The maximum Gasteiger partial charge on any atom is 0.363 e. The van der Waals surface area contributed by atoms with Crippen molar-refractivity contribution >= 4 is 44.0 Å². The minimum atomic E-state index is -4.06. The van der Waals surface area contributed by atoms with E-state index in [9.17, 15) is 13.2 Å². The van der Waals surface area contributed by atoms with Gasteiger partial charge >= 0.3 is 16.1 Å². The zero-order valence-electron chi connectivity index (χ0n) is 16.3. The number of ether oxygens (including phenoxy) is 1. The normalized spacial score (nSPS) is 15.0. The van der Waals surface area contributed by atoms with Gasteiger partial charge in [-0.05, 0) is 55.5 Å². The fourth-order valence-corrected chi connectivity index (χ4v) is 4.17. The molecule has 8 heteroatoms. The molecule has 0 radical (unpaired) electrons. The second-order valence-electron chi connectivity index (χ2n) is 6.73. The zero-order chi connectivity index (χ0) is 22.0. The molecule has 31 heavy (non-hydrogen) atoms. The molecule has 0 unspecified atom stereocenters. The molecule has 0 aliphatic carbocycles. The van der Waals surface area contributed by atoms with Gasteiger partial charge in [0.15, 0.2) is 5.70 Å². The summed E-state index contributed by atoms with van der Waals surface area (Å²) in [7, 11) is -4.06. The van der Waals surface area contributed by atoms with Crippen molar-refractivity contribution in [2.24, 2.45) is 4.99 Å². The third-order valence-electron chi connectivity index (χ3n) is 4.41. The Kier molecular flexibility index (Phi) is 5.75. The maximum atomic E-state index is 12.7. The molecule has 1 aliphatic heterocycles. The highest BCUT2D eigenvalue weighted by atomic mass is 79.9. The summed E-state index contributed by atoms with van der Waals surface area (Å²) in [4.78, 5) is 16.6. The molecule has 3 aromatic carbocycles. The van der Waals surface area contributed by atoms with Crippen molar-refractivity contribution in [2.75, 3.05) is 0 Å². The first kappa shape index (κ1) is 21.0. The van der Waals surface area contributed by atoms with Gasteiger partial charge in [-0.25, -0.2) is 9.79 Å². The molecule has 0 atom stereocenters. The van der Waals surface area contributed by atoms with Crippen molar-refractivity contribution in [3.8, 4) is 5.75 Å². The van der Waals surface area contributed by atoms with Crippen LogP contribution in [-0.4, -0.2) is 20.3 Å². The van der Waals surface area contributed by atoms with Crippen LogP contribution in [0.5, 0.6) is 5.75 Å². The van der Waals surface area contributed by atoms with E-state index in [4.69, 9.17) is 8.92 Å². The molecule has 6 nitrogen and oxygen atoms in total. The highest BCUT2D eigenvalue weighted by Gasteiger charge is 2.25. The topological polar surface area (TPSA) is 82.0 Å². The predicted molar refractivity (Wildman–Crippen MR) is 120 cm³/mol. The summed E-state index contributed by atoms with van der Waals surface area (Å²) >= 11 is 3.36. The molecule has 0 fully saturated rings. The van der Waals surface area contributed by atoms with Gasteiger partial charge in [-0.1, -0.05) is 51.8 Å². The molecule has 0 N–H and O–H groups in total. The summed E-state index contributed by atoms with van der Waals surface area (Å²) in [6.45, 7) is 1.86. The van der Waals surface area contributed by atoms with Crippen molar-refractivity contribution in [1.82, 2.24) is 0 Å². The summed E-state index contributed by atoms with van der Waals surface area (Å²) in [5.74, 6) is -0.389. The van der Waals surface area contributed by atoms with Crippen molar-refractivity contribution < 1.29 is 22.1 Å². The molecule has 1 aliphatic rings. The monoisotopic (exact) mass is 497 g/mol. The summed E-state index contributed by atoms with van der Waals surface area (Å²) < 4.78 is 36.7. The van der Waals surface area contributed by atoms with Crippen LogP contribution in [0.4, 0.5) is 0 Å². The van der Waals surface area contributed by atoms with Crippen molar-refractivity contribution in [1.29, 1.82) is 0 Å². The maximum absolute atomic E-state index is 12.7. The summed E-state index contributed by atoms with van der Waals surface area (Å²) in [6, 6.07) is 20.1. The van der Waals surface area contributed by atoms with Gasteiger partial charge in [0.05, 0.1) is 0 Å². The quantitative estimate of drug-likeness (QED) is 0.285. The van der Waals surface area contributed by atoms with E-state index >= 15 is 0 Å². The van der Waals surface area contributed by atoms with Gasteiger partial charge in [-0.2, -0.15) is 8.42 Å². The molecular weight excluding hydrogens is 482 g/mol. The summed E-state index contributed by atoms with van der Waals surface area (Å²) in [5.41, 5.74) is 1.98. The highest BCUT2D eigenvalue weighted by Crippen LogP contribution is 2.30. The second kappa shape index (κ2) is 8.49. The van der Waals surface area contributed by atoms with E-state index in [0.29, 0.717) is 15.6 Å². The number of halogens is 1.